The lowest BCUT2D eigenvalue weighted by atomic mass is 9.90. The number of fused-ring (bicyclic) bond motifs is 1. The average Bonchev–Trinajstić information content (AvgIpc) is 2.69. The zero-order chi connectivity index (χ0) is 22.5. The summed E-state index contributed by atoms with van der Waals surface area (Å²) in [5.74, 6) is -1.01. The minimum absolute atomic E-state index is 0.000877. The fourth-order valence-corrected chi connectivity index (χ4v) is 3.87. The van der Waals surface area contributed by atoms with Crippen LogP contribution in [0.25, 0.3) is 10.8 Å². The maximum atomic E-state index is 12.8. The van der Waals surface area contributed by atoms with Crippen molar-refractivity contribution in [3.8, 4) is 0 Å². The standard InChI is InChI=1S/C24H27N3O4/c1-14-10-15(2)22(16(3)11-14)27-24(31)26-20-13-18-7-5-4-6-17(18)12-19(20)23(30)25-9-8-21(28)29/h4-7,10,12-14H,8-9,11H2,1-3H3,(H,25,30)(H,28,29)(H2,26,27,31). The summed E-state index contributed by atoms with van der Waals surface area (Å²) in [4.78, 5) is 36.2. The van der Waals surface area contributed by atoms with Gasteiger partial charge in [0.15, 0.2) is 0 Å². The fraction of sp³-hybridized carbons (Fsp3) is 0.292. The third-order valence-electron chi connectivity index (χ3n) is 5.23. The molecule has 0 bridgehead atoms. The molecule has 3 amide bonds. The highest BCUT2D eigenvalue weighted by atomic mass is 16.4. The molecule has 4 N–H and O–H groups in total. The Morgan fingerprint density at radius 2 is 1.74 bits per heavy atom. The number of nitrogens with one attached hydrogen (secondary N) is 3. The lowest BCUT2D eigenvalue weighted by Crippen LogP contribution is -2.32. The fourth-order valence-electron chi connectivity index (χ4n) is 3.87. The van der Waals surface area contributed by atoms with E-state index in [4.69, 9.17) is 5.11 Å². The predicted octanol–water partition coefficient (Wildman–Crippen LogP) is 4.43. The number of amides is 3. The molecule has 0 saturated heterocycles. The second-order valence-corrected chi connectivity index (χ2v) is 7.91. The number of hydrogen-bond donors (Lipinski definition) is 4. The molecule has 0 heterocycles. The number of carboxylic acid groups (broad SMARTS) is 1. The number of benzene rings is 2. The van der Waals surface area contributed by atoms with Crippen LogP contribution in [-0.4, -0.2) is 29.6 Å². The summed E-state index contributed by atoms with van der Waals surface area (Å²) >= 11 is 0. The smallest absolute Gasteiger partial charge is 0.323 e. The van der Waals surface area contributed by atoms with Crippen molar-refractivity contribution < 1.29 is 19.5 Å². The first-order valence-electron chi connectivity index (χ1n) is 10.2. The molecule has 1 aliphatic rings. The molecule has 2 aromatic carbocycles. The molecule has 0 saturated carbocycles. The van der Waals surface area contributed by atoms with Crippen molar-refractivity contribution in [1.82, 2.24) is 10.6 Å². The van der Waals surface area contributed by atoms with E-state index in [9.17, 15) is 14.4 Å². The van der Waals surface area contributed by atoms with Crippen LogP contribution in [0.4, 0.5) is 10.5 Å². The van der Waals surface area contributed by atoms with Gasteiger partial charge >= 0.3 is 12.0 Å². The normalized spacial score (nSPS) is 16.0. The SMILES string of the molecule is CC1=CC(C)CC(C)=C1NC(=O)Nc1cc2ccccc2cc1C(=O)NCCC(=O)O. The number of urea groups is 1. The highest BCUT2D eigenvalue weighted by Crippen LogP contribution is 2.28. The van der Waals surface area contributed by atoms with Gasteiger partial charge in [-0.05, 0) is 60.2 Å². The molecule has 0 fully saturated rings. The van der Waals surface area contributed by atoms with Crippen LogP contribution >= 0.6 is 0 Å². The molecule has 3 rings (SSSR count). The van der Waals surface area contributed by atoms with Crippen molar-refractivity contribution in [2.45, 2.75) is 33.6 Å². The van der Waals surface area contributed by atoms with Gasteiger partial charge in [-0.1, -0.05) is 37.3 Å². The number of carbonyl (C=O) groups is 3. The van der Waals surface area contributed by atoms with Crippen LogP contribution in [0.3, 0.4) is 0 Å². The minimum atomic E-state index is -0.995. The highest BCUT2D eigenvalue weighted by molar-refractivity contribution is 6.07. The maximum absolute atomic E-state index is 12.8. The second kappa shape index (κ2) is 9.47. The monoisotopic (exact) mass is 421 g/mol. The third kappa shape index (κ3) is 5.51. The summed E-state index contributed by atoms with van der Waals surface area (Å²) in [6.07, 6.45) is 2.82. The number of hydrogen-bond acceptors (Lipinski definition) is 3. The Morgan fingerprint density at radius 1 is 1.06 bits per heavy atom. The van der Waals surface area contributed by atoms with Crippen LogP contribution in [0.1, 0.15) is 44.0 Å². The lowest BCUT2D eigenvalue weighted by molar-refractivity contribution is -0.136. The van der Waals surface area contributed by atoms with E-state index in [-0.39, 0.29) is 18.5 Å². The third-order valence-corrected chi connectivity index (χ3v) is 5.23. The summed E-state index contributed by atoms with van der Waals surface area (Å²) in [5.41, 5.74) is 3.54. The molecule has 162 valence electrons. The first-order valence-corrected chi connectivity index (χ1v) is 10.2. The van der Waals surface area contributed by atoms with Gasteiger partial charge in [-0.3, -0.25) is 9.59 Å². The summed E-state index contributed by atoms with van der Waals surface area (Å²) in [5, 5.41) is 18.8. The van der Waals surface area contributed by atoms with Gasteiger partial charge in [-0.15, -0.1) is 0 Å². The molecule has 31 heavy (non-hydrogen) atoms. The van der Waals surface area contributed by atoms with E-state index in [0.717, 1.165) is 34.0 Å². The van der Waals surface area contributed by atoms with Crippen LogP contribution in [-0.2, 0) is 4.79 Å². The van der Waals surface area contributed by atoms with Crippen molar-refractivity contribution in [3.05, 3.63) is 64.9 Å². The number of allylic oxidation sites excluding steroid dienone is 3. The van der Waals surface area contributed by atoms with Gasteiger partial charge in [-0.2, -0.15) is 0 Å². The van der Waals surface area contributed by atoms with Crippen LogP contribution in [0.15, 0.2) is 59.3 Å². The summed E-state index contributed by atoms with van der Waals surface area (Å²) in [6, 6.07) is 10.5. The Labute approximate surface area is 181 Å². The second-order valence-electron chi connectivity index (χ2n) is 7.91. The van der Waals surface area contributed by atoms with Gasteiger partial charge in [0.2, 0.25) is 0 Å². The molecule has 0 aromatic heterocycles. The molecule has 1 aliphatic carbocycles. The Balaban J connectivity index is 1.85. The van der Waals surface area contributed by atoms with E-state index in [1.54, 1.807) is 12.1 Å². The van der Waals surface area contributed by atoms with Crippen LogP contribution < -0.4 is 16.0 Å². The quantitative estimate of drug-likeness (QED) is 0.553. The summed E-state index contributed by atoms with van der Waals surface area (Å²) in [7, 11) is 0. The van der Waals surface area contributed by atoms with E-state index in [1.807, 2.05) is 38.1 Å². The molecule has 2 aromatic rings. The van der Waals surface area contributed by atoms with Gasteiger partial charge in [0.25, 0.3) is 5.91 Å². The molecule has 7 nitrogen and oxygen atoms in total. The van der Waals surface area contributed by atoms with Crippen LogP contribution in [0, 0.1) is 5.92 Å². The van der Waals surface area contributed by atoms with Crippen molar-refractivity contribution in [2.24, 2.45) is 5.92 Å². The maximum Gasteiger partial charge on any atom is 0.323 e. The Kier molecular flexibility index (Phi) is 6.74. The van der Waals surface area contributed by atoms with Gasteiger partial charge in [0.1, 0.15) is 0 Å². The molecule has 7 heteroatoms. The molecular weight excluding hydrogens is 394 g/mol. The largest absolute Gasteiger partial charge is 0.481 e. The number of rotatable bonds is 6. The van der Waals surface area contributed by atoms with E-state index < -0.39 is 17.9 Å². The topological polar surface area (TPSA) is 108 Å². The number of carboxylic acids is 1. The first-order chi connectivity index (χ1) is 14.7. The van der Waals surface area contributed by atoms with Gasteiger partial charge < -0.3 is 21.1 Å². The van der Waals surface area contributed by atoms with E-state index >= 15 is 0 Å². The first kappa shape index (κ1) is 22.1. The Morgan fingerprint density at radius 3 is 2.39 bits per heavy atom. The molecule has 0 radical (unpaired) electrons. The van der Waals surface area contributed by atoms with Crippen LogP contribution in [0.5, 0.6) is 0 Å². The van der Waals surface area contributed by atoms with Crippen LogP contribution in [0.2, 0.25) is 0 Å². The Hall–Kier alpha value is -3.61. The van der Waals surface area contributed by atoms with E-state index in [1.165, 1.54) is 0 Å². The Bertz CT molecular complexity index is 1100. The van der Waals surface area contributed by atoms with Crippen molar-refractivity contribution in [1.29, 1.82) is 0 Å². The molecule has 0 spiro atoms. The van der Waals surface area contributed by atoms with Gasteiger partial charge in [0, 0.05) is 12.2 Å². The number of aliphatic carboxylic acids is 1. The van der Waals surface area contributed by atoms with Crippen molar-refractivity contribution >= 4 is 34.4 Å². The minimum Gasteiger partial charge on any atom is -0.481 e. The zero-order valence-electron chi connectivity index (χ0n) is 17.9. The summed E-state index contributed by atoms with van der Waals surface area (Å²) < 4.78 is 0. The van der Waals surface area contributed by atoms with E-state index in [0.29, 0.717) is 11.6 Å². The zero-order valence-corrected chi connectivity index (χ0v) is 17.9. The van der Waals surface area contributed by atoms with Crippen molar-refractivity contribution in [3.63, 3.8) is 0 Å². The average molecular weight is 421 g/mol. The highest BCUT2D eigenvalue weighted by Gasteiger charge is 2.19. The number of anilines is 1. The van der Waals surface area contributed by atoms with Gasteiger partial charge in [0.05, 0.1) is 17.7 Å². The molecule has 1 atom stereocenters. The predicted molar refractivity (Wildman–Crippen MR) is 121 cm³/mol. The molecule has 0 aliphatic heterocycles. The molecule has 1 unspecified atom stereocenters. The lowest BCUT2D eigenvalue weighted by Gasteiger charge is -2.22. The van der Waals surface area contributed by atoms with E-state index in [2.05, 4.69) is 29.0 Å². The van der Waals surface area contributed by atoms with Crippen molar-refractivity contribution in [2.75, 3.05) is 11.9 Å². The van der Waals surface area contributed by atoms with Gasteiger partial charge in [-0.25, -0.2) is 4.79 Å². The number of carbonyl (C=O) groups excluding carboxylic acids is 2. The molecular formula is C24H27N3O4. The summed E-state index contributed by atoms with van der Waals surface area (Å²) in [6.45, 7) is 6.10.